The lowest BCUT2D eigenvalue weighted by molar-refractivity contribution is -0.129. The van der Waals surface area contributed by atoms with Crippen LogP contribution in [0.1, 0.15) is 38.3 Å². The molecule has 1 N–H and O–H groups in total. The second-order valence-electron chi connectivity index (χ2n) is 8.01. The summed E-state index contributed by atoms with van der Waals surface area (Å²) in [5.74, 6) is 1.70. The van der Waals surface area contributed by atoms with Crippen molar-refractivity contribution in [2.24, 2.45) is 0 Å². The molecule has 32 heavy (non-hydrogen) atoms. The van der Waals surface area contributed by atoms with Gasteiger partial charge in [-0.2, -0.15) is 0 Å². The molecule has 0 spiro atoms. The average Bonchev–Trinajstić information content (AvgIpc) is 2.76. The third kappa shape index (κ3) is 5.19. The number of para-hydroxylation sites is 1. The summed E-state index contributed by atoms with van der Waals surface area (Å²) in [4.78, 5) is 30.5. The molecular formula is C24H29N3O5. The molecule has 0 fully saturated rings. The number of nitrogens with one attached hydrogen (secondary N) is 1. The van der Waals surface area contributed by atoms with Crippen LogP contribution in [-0.2, 0) is 16.1 Å². The zero-order chi connectivity index (χ0) is 23.3. The summed E-state index contributed by atoms with van der Waals surface area (Å²) in [6.07, 6.45) is 5.58. The number of likely N-dealkylation sites (N-methyl/N-ethyl adjacent to an activating group) is 1. The van der Waals surface area contributed by atoms with Gasteiger partial charge in [0.05, 0.1) is 13.7 Å². The number of methoxy groups -OCH3 is 1. The van der Waals surface area contributed by atoms with Crippen molar-refractivity contribution >= 4 is 23.7 Å². The van der Waals surface area contributed by atoms with E-state index < -0.39 is 5.60 Å². The van der Waals surface area contributed by atoms with Crippen molar-refractivity contribution in [2.75, 3.05) is 26.1 Å². The zero-order valence-corrected chi connectivity index (χ0v) is 19.1. The number of ether oxygens (including phenoxy) is 3. The molecule has 8 heteroatoms. The fraction of sp³-hybridized carbons (Fsp3) is 0.375. The zero-order valence-electron chi connectivity index (χ0n) is 19.1. The number of hydrogen-bond acceptors (Lipinski definition) is 6. The van der Waals surface area contributed by atoms with Gasteiger partial charge in [0.15, 0.2) is 28.7 Å². The Hall–Kier alpha value is -3.55. The Labute approximate surface area is 188 Å². The van der Waals surface area contributed by atoms with Crippen molar-refractivity contribution < 1.29 is 23.8 Å². The summed E-state index contributed by atoms with van der Waals surface area (Å²) in [6.45, 7) is 6.33. The molecule has 0 bridgehead atoms. The average molecular weight is 440 g/mol. The third-order valence-corrected chi connectivity index (χ3v) is 4.95. The molecular weight excluding hydrogens is 410 g/mol. The topological polar surface area (TPSA) is 90.0 Å². The summed E-state index contributed by atoms with van der Waals surface area (Å²) >= 11 is 0. The minimum Gasteiger partial charge on any atom is -0.493 e. The molecule has 0 aliphatic carbocycles. The van der Waals surface area contributed by atoms with Crippen molar-refractivity contribution in [3.8, 4) is 17.2 Å². The van der Waals surface area contributed by atoms with Crippen molar-refractivity contribution in [1.82, 2.24) is 9.88 Å². The van der Waals surface area contributed by atoms with E-state index in [-0.39, 0.29) is 11.8 Å². The van der Waals surface area contributed by atoms with Gasteiger partial charge in [-0.05, 0) is 44.0 Å². The molecule has 8 nitrogen and oxygen atoms in total. The number of hydrogen-bond donors (Lipinski definition) is 1. The molecule has 1 aliphatic heterocycles. The standard InChI is InChI=1S/C24H29N3O5/c1-6-12-31-21-17(8-7-9-18(21)30-5)15-27(4)20(28)11-10-16-13-19-22(25-14-16)26-23(29)24(2,3)32-19/h7-11,13-14H,6,12,15H2,1-5H3,(H,25,26,29). The minimum absolute atomic E-state index is 0.179. The molecule has 2 aromatic rings. The Morgan fingerprint density at radius 3 is 2.84 bits per heavy atom. The Bertz CT molecular complexity index is 1030. The highest BCUT2D eigenvalue weighted by atomic mass is 16.5. The number of benzene rings is 1. The van der Waals surface area contributed by atoms with Gasteiger partial charge in [-0.15, -0.1) is 0 Å². The SMILES string of the molecule is CCCOc1c(CN(C)C(=O)C=Cc2cnc3c(c2)OC(C)(C)C(=O)N3)cccc1OC. The second kappa shape index (κ2) is 9.72. The summed E-state index contributed by atoms with van der Waals surface area (Å²) in [5, 5.41) is 2.72. The third-order valence-electron chi connectivity index (χ3n) is 4.95. The van der Waals surface area contributed by atoms with Crippen LogP contribution in [-0.4, -0.2) is 48.1 Å². The fourth-order valence-electron chi connectivity index (χ4n) is 3.14. The number of amides is 2. The number of aromatic nitrogens is 1. The Morgan fingerprint density at radius 1 is 1.34 bits per heavy atom. The van der Waals surface area contributed by atoms with E-state index in [1.165, 1.54) is 6.08 Å². The van der Waals surface area contributed by atoms with E-state index in [1.54, 1.807) is 51.2 Å². The Kier molecular flexibility index (Phi) is 7.02. The van der Waals surface area contributed by atoms with Crippen LogP contribution in [0.5, 0.6) is 17.2 Å². The van der Waals surface area contributed by atoms with E-state index in [4.69, 9.17) is 14.2 Å². The maximum Gasteiger partial charge on any atom is 0.269 e. The molecule has 1 aliphatic rings. The smallest absolute Gasteiger partial charge is 0.269 e. The van der Waals surface area contributed by atoms with Crippen LogP contribution in [0.4, 0.5) is 5.82 Å². The van der Waals surface area contributed by atoms with Crippen LogP contribution in [0.3, 0.4) is 0 Å². The summed E-state index contributed by atoms with van der Waals surface area (Å²) in [6, 6.07) is 7.37. The number of carbonyl (C=O) groups is 2. The van der Waals surface area contributed by atoms with Gasteiger partial charge in [0.2, 0.25) is 5.91 Å². The van der Waals surface area contributed by atoms with Crippen LogP contribution in [0, 0.1) is 0 Å². The fourth-order valence-corrected chi connectivity index (χ4v) is 3.14. The first-order chi connectivity index (χ1) is 15.2. The first-order valence-corrected chi connectivity index (χ1v) is 10.5. The number of fused-ring (bicyclic) bond motifs is 1. The van der Waals surface area contributed by atoms with Crippen LogP contribution >= 0.6 is 0 Å². The van der Waals surface area contributed by atoms with Gasteiger partial charge in [0.25, 0.3) is 5.91 Å². The van der Waals surface area contributed by atoms with Gasteiger partial charge in [-0.1, -0.05) is 19.1 Å². The first-order valence-electron chi connectivity index (χ1n) is 10.5. The van der Waals surface area contributed by atoms with E-state index in [0.717, 1.165) is 12.0 Å². The Balaban J connectivity index is 1.71. The van der Waals surface area contributed by atoms with Crippen LogP contribution in [0.15, 0.2) is 36.5 Å². The molecule has 3 rings (SSSR count). The van der Waals surface area contributed by atoms with Gasteiger partial charge in [-0.25, -0.2) is 4.98 Å². The molecule has 0 atom stereocenters. The molecule has 0 saturated carbocycles. The molecule has 170 valence electrons. The van der Waals surface area contributed by atoms with Crippen molar-refractivity contribution in [3.63, 3.8) is 0 Å². The van der Waals surface area contributed by atoms with Gasteiger partial charge in [0, 0.05) is 31.4 Å². The minimum atomic E-state index is -0.985. The maximum atomic E-state index is 12.7. The molecule has 0 radical (unpaired) electrons. The normalized spacial score (nSPS) is 14.3. The first kappa shape index (κ1) is 23.1. The predicted molar refractivity (Wildman–Crippen MR) is 122 cm³/mol. The van der Waals surface area contributed by atoms with Gasteiger partial charge >= 0.3 is 0 Å². The Morgan fingerprint density at radius 2 is 2.12 bits per heavy atom. The quantitative estimate of drug-likeness (QED) is 0.632. The largest absolute Gasteiger partial charge is 0.493 e. The highest BCUT2D eigenvalue weighted by Gasteiger charge is 2.36. The number of carbonyl (C=O) groups excluding carboxylic acids is 2. The summed E-state index contributed by atoms with van der Waals surface area (Å²) in [7, 11) is 3.32. The number of anilines is 1. The van der Waals surface area contributed by atoms with Crippen LogP contribution in [0.2, 0.25) is 0 Å². The molecule has 0 unspecified atom stereocenters. The summed E-state index contributed by atoms with van der Waals surface area (Å²) < 4.78 is 17.0. The highest BCUT2D eigenvalue weighted by molar-refractivity contribution is 5.99. The number of pyridine rings is 1. The second-order valence-corrected chi connectivity index (χ2v) is 8.01. The number of rotatable bonds is 8. The monoisotopic (exact) mass is 439 g/mol. The van der Waals surface area contributed by atoms with Crippen molar-refractivity contribution in [2.45, 2.75) is 39.3 Å². The van der Waals surface area contributed by atoms with E-state index in [0.29, 0.717) is 41.8 Å². The van der Waals surface area contributed by atoms with E-state index >= 15 is 0 Å². The van der Waals surface area contributed by atoms with Gasteiger partial charge in [-0.3, -0.25) is 9.59 Å². The highest BCUT2D eigenvalue weighted by Crippen LogP contribution is 2.33. The molecule has 0 saturated heterocycles. The number of nitrogens with zero attached hydrogens (tertiary/aromatic N) is 2. The van der Waals surface area contributed by atoms with Crippen molar-refractivity contribution in [1.29, 1.82) is 0 Å². The van der Waals surface area contributed by atoms with E-state index in [1.807, 2.05) is 25.1 Å². The van der Waals surface area contributed by atoms with Gasteiger partial charge in [0.1, 0.15) is 0 Å². The summed E-state index contributed by atoms with van der Waals surface area (Å²) in [5.41, 5.74) is 0.566. The lowest BCUT2D eigenvalue weighted by atomic mass is 10.1. The van der Waals surface area contributed by atoms with Crippen LogP contribution < -0.4 is 19.5 Å². The molecule has 2 amide bonds. The van der Waals surface area contributed by atoms with Crippen molar-refractivity contribution in [3.05, 3.63) is 47.7 Å². The van der Waals surface area contributed by atoms with Gasteiger partial charge < -0.3 is 24.4 Å². The molecule has 2 heterocycles. The molecule has 1 aromatic heterocycles. The lowest BCUT2D eigenvalue weighted by Gasteiger charge is -2.30. The molecule has 1 aromatic carbocycles. The van der Waals surface area contributed by atoms with Crippen LogP contribution in [0.25, 0.3) is 6.08 Å². The van der Waals surface area contributed by atoms with E-state index in [9.17, 15) is 9.59 Å². The predicted octanol–water partition coefficient (Wildman–Crippen LogP) is 3.66. The lowest BCUT2D eigenvalue weighted by Crippen LogP contribution is -2.46. The van der Waals surface area contributed by atoms with E-state index in [2.05, 4.69) is 10.3 Å². The maximum absolute atomic E-state index is 12.7.